The zero-order chi connectivity index (χ0) is 14.8. The predicted molar refractivity (Wildman–Crippen MR) is 88.4 cm³/mol. The minimum Gasteiger partial charge on any atom is -0.489 e. The van der Waals surface area contributed by atoms with E-state index in [4.69, 9.17) is 4.74 Å². The lowest BCUT2D eigenvalue weighted by Crippen LogP contribution is -2.14. The fourth-order valence-electron chi connectivity index (χ4n) is 2.18. The number of unbranched alkanes of at least 4 members (excludes halogenated alkanes) is 2. The quantitative estimate of drug-likeness (QED) is 0.682. The van der Waals surface area contributed by atoms with Crippen molar-refractivity contribution in [1.29, 1.82) is 0 Å². The average Bonchev–Trinajstić information content (AvgIpc) is 2.55. The third-order valence-electron chi connectivity index (χ3n) is 3.46. The molecule has 0 spiro atoms. The second kappa shape index (κ2) is 9.19. The zero-order valence-corrected chi connectivity index (χ0v) is 12.8. The van der Waals surface area contributed by atoms with Crippen molar-refractivity contribution in [3.05, 3.63) is 65.7 Å². The van der Waals surface area contributed by atoms with E-state index in [2.05, 4.69) is 36.5 Å². The lowest BCUT2D eigenvalue weighted by molar-refractivity contribution is 0.306. The van der Waals surface area contributed by atoms with Crippen LogP contribution in [0.15, 0.2) is 54.6 Å². The number of ether oxygens (including phenoxy) is 1. The van der Waals surface area contributed by atoms with E-state index in [1.807, 2.05) is 30.3 Å². The molecular formula is C19H25NO. The van der Waals surface area contributed by atoms with Crippen LogP contribution in [0.25, 0.3) is 0 Å². The summed E-state index contributed by atoms with van der Waals surface area (Å²) in [6.45, 7) is 4.88. The van der Waals surface area contributed by atoms with Crippen LogP contribution >= 0.6 is 0 Å². The van der Waals surface area contributed by atoms with Crippen LogP contribution in [-0.4, -0.2) is 6.54 Å². The van der Waals surface area contributed by atoms with Crippen molar-refractivity contribution in [2.24, 2.45) is 0 Å². The van der Waals surface area contributed by atoms with Gasteiger partial charge in [0.2, 0.25) is 0 Å². The molecule has 1 N–H and O–H groups in total. The molecule has 2 heteroatoms. The van der Waals surface area contributed by atoms with E-state index < -0.39 is 0 Å². The van der Waals surface area contributed by atoms with Crippen molar-refractivity contribution in [3.63, 3.8) is 0 Å². The van der Waals surface area contributed by atoms with E-state index in [1.165, 1.54) is 30.4 Å². The maximum absolute atomic E-state index is 5.78. The molecule has 0 aliphatic heterocycles. The first kappa shape index (κ1) is 15.6. The van der Waals surface area contributed by atoms with Crippen LogP contribution in [-0.2, 0) is 13.2 Å². The Balaban J connectivity index is 1.71. The molecule has 0 saturated carbocycles. The van der Waals surface area contributed by atoms with E-state index in [0.717, 1.165) is 18.8 Å². The molecule has 0 unspecified atom stereocenters. The molecule has 0 heterocycles. The maximum atomic E-state index is 5.78. The number of hydrogen-bond donors (Lipinski definition) is 1. The molecule has 0 bridgehead atoms. The molecule has 0 saturated heterocycles. The normalized spacial score (nSPS) is 10.5. The molecule has 21 heavy (non-hydrogen) atoms. The van der Waals surface area contributed by atoms with Gasteiger partial charge in [-0.15, -0.1) is 0 Å². The van der Waals surface area contributed by atoms with Crippen LogP contribution in [0.4, 0.5) is 0 Å². The van der Waals surface area contributed by atoms with Crippen LogP contribution in [0.1, 0.15) is 37.3 Å². The molecule has 0 atom stereocenters. The highest BCUT2D eigenvalue weighted by Crippen LogP contribution is 2.14. The molecule has 0 aromatic heterocycles. The Hall–Kier alpha value is -1.80. The Morgan fingerprint density at radius 2 is 1.62 bits per heavy atom. The predicted octanol–water partition coefficient (Wildman–Crippen LogP) is 4.55. The number of hydrogen-bond acceptors (Lipinski definition) is 2. The Bertz CT molecular complexity index is 493. The first-order chi connectivity index (χ1) is 10.4. The largest absolute Gasteiger partial charge is 0.489 e. The lowest BCUT2D eigenvalue weighted by Gasteiger charge is -2.08. The number of nitrogens with one attached hydrogen (secondary N) is 1. The number of benzene rings is 2. The fourth-order valence-corrected chi connectivity index (χ4v) is 2.18. The van der Waals surface area contributed by atoms with Gasteiger partial charge < -0.3 is 10.1 Å². The standard InChI is InChI=1S/C19H25NO/c1-2-3-7-14-20-15-17-10-12-19(13-11-17)21-16-18-8-5-4-6-9-18/h4-6,8-13,20H,2-3,7,14-16H2,1H3. The Morgan fingerprint density at radius 1 is 0.857 bits per heavy atom. The van der Waals surface area contributed by atoms with Gasteiger partial charge in [0.1, 0.15) is 12.4 Å². The van der Waals surface area contributed by atoms with Crippen LogP contribution in [0.3, 0.4) is 0 Å². The fraction of sp³-hybridized carbons (Fsp3) is 0.368. The summed E-state index contributed by atoms with van der Waals surface area (Å²) in [5, 5.41) is 3.47. The summed E-state index contributed by atoms with van der Waals surface area (Å²) >= 11 is 0. The number of rotatable bonds is 9. The molecule has 0 aliphatic rings. The summed E-state index contributed by atoms with van der Waals surface area (Å²) in [7, 11) is 0. The monoisotopic (exact) mass is 283 g/mol. The van der Waals surface area contributed by atoms with Gasteiger partial charge in [-0.1, -0.05) is 62.2 Å². The first-order valence-corrected chi connectivity index (χ1v) is 7.85. The van der Waals surface area contributed by atoms with Gasteiger partial charge in [-0.2, -0.15) is 0 Å². The summed E-state index contributed by atoms with van der Waals surface area (Å²) in [6.07, 6.45) is 3.84. The smallest absolute Gasteiger partial charge is 0.119 e. The van der Waals surface area contributed by atoms with Gasteiger partial charge in [-0.05, 0) is 36.2 Å². The van der Waals surface area contributed by atoms with Gasteiger partial charge in [0.25, 0.3) is 0 Å². The minimum atomic E-state index is 0.620. The topological polar surface area (TPSA) is 21.3 Å². The molecular weight excluding hydrogens is 258 g/mol. The summed E-state index contributed by atoms with van der Waals surface area (Å²) in [5.74, 6) is 0.925. The van der Waals surface area contributed by atoms with Gasteiger partial charge in [0, 0.05) is 6.54 Å². The van der Waals surface area contributed by atoms with Crippen LogP contribution in [0.5, 0.6) is 5.75 Å². The maximum Gasteiger partial charge on any atom is 0.119 e. The van der Waals surface area contributed by atoms with Crippen LogP contribution in [0, 0.1) is 0 Å². The molecule has 112 valence electrons. The summed E-state index contributed by atoms with van der Waals surface area (Å²) in [4.78, 5) is 0. The Kier molecular flexibility index (Phi) is 6.82. The zero-order valence-electron chi connectivity index (χ0n) is 12.8. The first-order valence-electron chi connectivity index (χ1n) is 7.85. The average molecular weight is 283 g/mol. The van der Waals surface area contributed by atoms with Crippen molar-refractivity contribution in [2.45, 2.75) is 39.3 Å². The van der Waals surface area contributed by atoms with Crippen molar-refractivity contribution in [2.75, 3.05) is 6.54 Å². The lowest BCUT2D eigenvalue weighted by atomic mass is 10.2. The van der Waals surface area contributed by atoms with Crippen molar-refractivity contribution in [3.8, 4) is 5.75 Å². The molecule has 0 aliphatic carbocycles. The molecule has 0 amide bonds. The molecule has 2 rings (SSSR count). The van der Waals surface area contributed by atoms with Gasteiger partial charge >= 0.3 is 0 Å². The van der Waals surface area contributed by atoms with Crippen molar-refractivity contribution >= 4 is 0 Å². The third-order valence-corrected chi connectivity index (χ3v) is 3.46. The van der Waals surface area contributed by atoms with Crippen LogP contribution < -0.4 is 10.1 Å². The Morgan fingerprint density at radius 3 is 2.33 bits per heavy atom. The third kappa shape index (κ3) is 6.01. The Labute approximate surface area is 128 Å². The summed E-state index contributed by atoms with van der Waals surface area (Å²) < 4.78 is 5.78. The van der Waals surface area contributed by atoms with Crippen molar-refractivity contribution < 1.29 is 4.74 Å². The highest BCUT2D eigenvalue weighted by atomic mass is 16.5. The van der Waals surface area contributed by atoms with Crippen molar-refractivity contribution in [1.82, 2.24) is 5.32 Å². The minimum absolute atomic E-state index is 0.620. The molecule has 2 aromatic rings. The van der Waals surface area contributed by atoms with Gasteiger partial charge in [0.15, 0.2) is 0 Å². The van der Waals surface area contributed by atoms with E-state index in [1.54, 1.807) is 0 Å². The summed E-state index contributed by atoms with van der Waals surface area (Å²) in [6, 6.07) is 18.6. The van der Waals surface area contributed by atoms with E-state index in [-0.39, 0.29) is 0 Å². The van der Waals surface area contributed by atoms with E-state index >= 15 is 0 Å². The van der Waals surface area contributed by atoms with Gasteiger partial charge in [0.05, 0.1) is 0 Å². The van der Waals surface area contributed by atoms with E-state index in [9.17, 15) is 0 Å². The SMILES string of the molecule is CCCCCNCc1ccc(OCc2ccccc2)cc1. The highest BCUT2D eigenvalue weighted by molar-refractivity contribution is 5.27. The molecule has 0 radical (unpaired) electrons. The summed E-state index contributed by atoms with van der Waals surface area (Å²) in [5.41, 5.74) is 2.50. The molecule has 0 fully saturated rings. The van der Waals surface area contributed by atoms with E-state index in [0.29, 0.717) is 6.61 Å². The van der Waals surface area contributed by atoms with Crippen LogP contribution in [0.2, 0.25) is 0 Å². The second-order valence-corrected chi connectivity index (χ2v) is 5.30. The van der Waals surface area contributed by atoms with Gasteiger partial charge in [-0.25, -0.2) is 0 Å². The molecule has 2 aromatic carbocycles. The second-order valence-electron chi connectivity index (χ2n) is 5.30. The highest BCUT2D eigenvalue weighted by Gasteiger charge is 1.97. The molecule has 2 nitrogen and oxygen atoms in total. The van der Waals surface area contributed by atoms with Gasteiger partial charge in [-0.3, -0.25) is 0 Å².